The van der Waals surface area contributed by atoms with Gasteiger partial charge in [-0.25, -0.2) is 4.98 Å². The van der Waals surface area contributed by atoms with E-state index in [4.69, 9.17) is 4.74 Å². The molecule has 1 fully saturated rings. The number of piperazine rings is 1. The molecule has 1 aromatic rings. The summed E-state index contributed by atoms with van der Waals surface area (Å²) in [5.74, 6) is 0.700. The Morgan fingerprint density at radius 2 is 2.41 bits per heavy atom. The van der Waals surface area contributed by atoms with Gasteiger partial charge >= 0.3 is 0 Å². The Morgan fingerprint density at radius 1 is 1.53 bits per heavy atom. The average Bonchev–Trinajstić information content (AvgIpc) is 2.39. The van der Waals surface area contributed by atoms with Crippen LogP contribution in [0.25, 0.3) is 0 Å². The van der Waals surface area contributed by atoms with Crippen LogP contribution in [0.1, 0.15) is 19.0 Å². The molecule has 0 amide bonds. The van der Waals surface area contributed by atoms with Gasteiger partial charge in [-0.2, -0.15) is 0 Å². The van der Waals surface area contributed by atoms with Crippen LogP contribution >= 0.6 is 0 Å². The number of hydrogen-bond donors (Lipinski definition) is 1. The molecule has 1 unspecified atom stereocenters. The van der Waals surface area contributed by atoms with Gasteiger partial charge in [-0.1, -0.05) is 13.0 Å². The Hall–Kier alpha value is -1.13. The van der Waals surface area contributed by atoms with Crippen LogP contribution in [0.5, 0.6) is 5.88 Å². The minimum Gasteiger partial charge on any atom is -0.481 e. The summed E-state index contributed by atoms with van der Waals surface area (Å²) in [4.78, 5) is 6.97. The van der Waals surface area contributed by atoms with E-state index in [0.29, 0.717) is 11.9 Å². The monoisotopic (exact) mass is 235 g/mol. The Labute approximate surface area is 103 Å². The van der Waals surface area contributed by atoms with Crippen molar-refractivity contribution in [3.05, 3.63) is 23.9 Å². The highest BCUT2D eigenvalue weighted by molar-refractivity contribution is 5.15. The van der Waals surface area contributed by atoms with Gasteiger partial charge in [-0.15, -0.1) is 0 Å². The van der Waals surface area contributed by atoms with E-state index in [0.717, 1.165) is 31.9 Å². The zero-order chi connectivity index (χ0) is 12.1. The molecule has 0 aromatic carbocycles. The van der Waals surface area contributed by atoms with E-state index in [9.17, 15) is 0 Å². The third kappa shape index (κ3) is 3.17. The van der Waals surface area contributed by atoms with Crippen molar-refractivity contribution in [2.75, 3.05) is 26.7 Å². The van der Waals surface area contributed by atoms with E-state index in [-0.39, 0.29) is 0 Å². The zero-order valence-corrected chi connectivity index (χ0v) is 10.6. The second kappa shape index (κ2) is 5.98. The summed E-state index contributed by atoms with van der Waals surface area (Å²) in [6.45, 7) is 6.40. The van der Waals surface area contributed by atoms with Crippen LogP contribution in [0.2, 0.25) is 0 Å². The quantitative estimate of drug-likeness (QED) is 0.853. The maximum Gasteiger partial charge on any atom is 0.213 e. The van der Waals surface area contributed by atoms with Crippen LogP contribution in [0.3, 0.4) is 0 Å². The van der Waals surface area contributed by atoms with Crippen molar-refractivity contribution in [1.29, 1.82) is 0 Å². The molecule has 4 heteroatoms. The van der Waals surface area contributed by atoms with Crippen molar-refractivity contribution in [2.24, 2.45) is 0 Å². The second-order valence-electron chi connectivity index (χ2n) is 4.41. The van der Waals surface area contributed by atoms with Crippen molar-refractivity contribution >= 4 is 0 Å². The molecule has 2 heterocycles. The molecule has 1 aliphatic heterocycles. The molecule has 1 atom stereocenters. The lowest BCUT2D eigenvalue weighted by Crippen LogP contribution is -2.50. The van der Waals surface area contributed by atoms with Crippen LogP contribution in [0.4, 0.5) is 0 Å². The fourth-order valence-electron chi connectivity index (χ4n) is 2.28. The van der Waals surface area contributed by atoms with E-state index in [1.54, 1.807) is 7.11 Å². The van der Waals surface area contributed by atoms with Gasteiger partial charge in [0.2, 0.25) is 5.88 Å². The highest BCUT2D eigenvalue weighted by Crippen LogP contribution is 2.13. The van der Waals surface area contributed by atoms with Crippen molar-refractivity contribution in [3.8, 4) is 5.88 Å². The number of pyridine rings is 1. The number of ether oxygens (including phenoxy) is 1. The highest BCUT2D eigenvalue weighted by Gasteiger charge is 2.20. The molecule has 1 saturated heterocycles. The molecule has 4 nitrogen and oxygen atoms in total. The first-order valence-electron chi connectivity index (χ1n) is 6.28. The van der Waals surface area contributed by atoms with Crippen molar-refractivity contribution in [3.63, 3.8) is 0 Å². The topological polar surface area (TPSA) is 37.4 Å². The molecule has 0 aliphatic carbocycles. The molecule has 17 heavy (non-hydrogen) atoms. The van der Waals surface area contributed by atoms with E-state index < -0.39 is 0 Å². The first-order valence-corrected chi connectivity index (χ1v) is 6.28. The van der Waals surface area contributed by atoms with Gasteiger partial charge in [0, 0.05) is 38.3 Å². The SMILES string of the molecule is CCC1CNCCN1Cc1cccc(OC)n1. The summed E-state index contributed by atoms with van der Waals surface area (Å²) < 4.78 is 5.16. The Balaban J connectivity index is 2.02. The van der Waals surface area contributed by atoms with Gasteiger partial charge in [-0.3, -0.25) is 4.90 Å². The summed E-state index contributed by atoms with van der Waals surface area (Å²) in [6, 6.07) is 6.58. The lowest BCUT2D eigenvalue weighted by molar-refractivity contribution is 0.147. The molecule has 1 aliphatic rings. The molecule has 94 valence electrons. The number of methoxy groups -OCH3 is 1. The third-order valence-electron chi connectivity index (χ3n) is 3.30. The van der Waals surface area contributed by atoms with Gasteiger partial charge in [0.1, 0.15) is 0 Å². The van der Waals surface area contributed by atoms with E-state index >= 15 is 0 Å². The first kappa shape index (κ1) is 12.3. The number of aromatic nitrogens is 1. The average molecular weight is 235 g/mol. The van der Waals surface area contributed by atoms with Crippen LogP contribution in [0.15, 0.2) is 18.2 Å². The number of rotatable bonds is 4. The highest BCUT2D eigenvalue weighted by atomic mass is 16.5. The predicted octanol–water partition coefficient (Wildman–Crippen LogP) is 1.27. The van der Waals surface area contributed by atoms with Crippen molar-refractivity contribution < 1.29 is 4.74 Å². The molecule has 0 radical (unpaired) electrons. The molecular formula is C13H21N3O. The van der Waals surface area contributed by atoms with Gasteiger partial charge in [0.25, 0.3) is 0 Å². The maximum absolute atomic E-state index is 5.16. The summed E-state index contributed by atoms with van der Waals surface area (Å²) in [6.07, 6.45) is 1.18. The smallest absolute Gasteiger partial charge is 0.213 e. The molecule has 1 aromatic heterocycles. The van der Waals surface area contributed by atoms with Crippen LogP contribution in [-0.4, -0.2) is 42.7 Å². The molecule has 2 rings (SSSR count). The fraction of sp³-hybridized carbons (Fsp3) is 0.615. The van der Waals surface area contributed by atoms with Crippen molar-refractivity contribution in [2.45, 2.75) is 25.9 Å². The zero-order valence-electron chi connectivity index (χ0n) is 10.6. The number of nitrogens with zero attached hydrogens (tertiary/aromatic N) is 2. The lowest BCUT2D eigenvalue weighted by atomic mass is 10.1. The molecule has 0 saturated carbocycles. The fourth-order valence-corrected chi connectivity index (χ4v) is 2.28. The van der Waals surface area contributed by atoms with Crippen LogP contribution < -0.4 is 10.1 Å². The molecular weight excluding hydrogens is 214 g/mol. The van der Waals surface area contributed by atoms with Gasteiger partial charge in [0.15, 0.2) is 0 Å². The standard InChI is InChI=1S/C13H21N3O/c1-3-12-9-14-7-8-16(12)10-11-5-4-6-13(15-11)17-2/h4-6,12,14H,3,7-10H2,1-2H3. The van der Waals surface area contributed by atoms with E-state index in [1.807, 2.05) is 12.1 Å². The second-order valence-corrected chi connectivity index (χ2v) is 4.41. The van der Waals surface area contributed by atoms with Crippen LogP contribution in [0, 0.1) is 0 Å². The van der Waals surface area contributed by atoms with Gasteiger partial charge < -0.3 is 10.1 Å². The summed E-state index contributed by atoms with van der Waals surface area (Å²) in [5.41, 5.74) is 1.09. The number of hydrogen-bond acceptors (Lipinski definition) is 4. The lowest BCUT2D eigenvalue weighted by Gasteiger charge is -2.35. The maximum atomic E-state index is 5.16. The normalized spacial score (nSPS) is 21.4. The number of nitrogens with one attached hydrogen (secondary N) is 1. The summed E-state index contributed by atoms with van der Waals surface area (Å²) in [5, 5.41) is 3.44. The largest absolute Gasteiger partial charge is 0.481 e. The Bertz CT molecular complexity index is 356. The molecule has 0 spiro atoms. The first-order chi connectivity index (χ1) is 8.33. The van der Waals surface area contributed by atoms with E-state index in [2.05, 4.69) is 28.2 Å². The van der Waals surface area contributed by atoms with Crippen molar-refractivity contribution in [1.82, 2.24) is 15.2 Å². The summed E-state index contributed by atoms with van der Waals surface area (Å²) in [7, 11) is 1.66. The van der Waals surface area contributed by atoms with Gasteiger partial charge in [0.05, 0.1) is 12.8 Å². The minimum atomic E-state index is 0.622. The summed E-state index contributed by atoms with van der Waals surface area (Å²) >= 11 is 0. The molecule has 0 bridgehead atoms. The predicted molar refractivity (Wildman–Crippen MR) is 68.1 cm³/mol. The Morgan fingerprint density at radius 3 is 3.18 bits per heavy atom. The molecule has 1 N–H and O–H groups in total. The van der Waals surface area contributed by atoms with E-state index in [1.165, 1.54) is 6.42 Å². The minimum absolute atomic E-state index is 0.622. The Kier molecular flexibility index (Phi) is 4.34. The van der Waals surface area contributed by atoms with Gasteiger partial charge in [-0.05, 0) is 12.5 Å². The van der Waals surface area contributed by atoms with Crippen LogP contribution in [-0.2, 0) is 6.54 Å². The third-order valence-corrected chi connectivity index (χ3v) is 3.30.